The minimum atomic E-state index is -4.96. The molecule has 0 radical (unpaired) electrons. The van der Waals surface area contributed by atoms with Gasteiger partial charge >= 0.3 is 5.51 Å². The predicted octanol–water partition coefficient (Wildman–Crippen LogP) is 1.65. The van der Waals surface area contributed by atoms with Crippen molar-refractivity contribution in [3.8, 4) is 0 Å². The van der Waals surface area contributed by atoms with E-state index in [1.807, 2.05) is 0 Å². The van der Waals surface area contributed by atoms with Crippen LogP contribution in [-0.2, 0) is 9.92 Å². The van der Waals surface area contributed by atoms with E-state index < -0.39 is 21.0 Å². The first kappa shape index (κ1) is 11.7. The maximum Gasteiger partial charge on any atom is 0.492 e. The second-order valence-electron chi connectivity index (χ2n) is 3.28. The molecule has 74 valence electrons. The van der Waals surface area contributed by atoms with Gasteiger partial charge in [-0.2, -0.15) is 13.2 Å². The lowest BCUT2D eigenvalue weighted by Gasteiger charge is -2.16. The summed E-state index contributed by atoms with van der Waals surface area (Å²) in [5.41, 5.74) is -6.01. The van der Waals surface area contributed by atoms with Crippen molar-refractivity contribution in [1.29, 1.82) is 0 Å². The van der Waals surface area contributed by atoms with Crippen molar-refractivity contribution in [3.05, 3.63) is 0 Å². The van der Waals surface area contributed by atoms with Gasteiger partial charge in [-0.05, 0) is 20.8 Å². The van der Waals surface area contributed by atoms with Crippen molar-refractivity contribution in [2.75, 3.05) is 0 Å². The van der Waals surface area contributed by atoms with E-state index >= 15 is 0 Å². The molecule has 0 aromatic heterocycles. The average Bonchev–Trinajstić information content (AvgIpc) is 1.52. The summed E-state index contributed by atoms with van der Waals surface area (Å²) >= 11 is 0. The molecule has 0 aromatic rings. The number of rotatable bonds is 0. The zero-order valence-corrected chi connectivity index (χ0v) is 7.79. The van der Waals surface area contributed by atoms with E-state index in [0.717, 1.165) is 0 Å². The van der Waals surface area contributed by atoms with Crippen molar-refractivity contribution in [3.63, 3.8) is 0 Å². The number of nitrogens with two attached hydrogens (primary N) is 1. The van der Waals surface area contributed by atoms with Gasteiger partial charge in [0.1, 0.15) is 0 Å². The Morgan fingerprint density at radius 2 is 1.58 bits per heavy atom. The first-order valence-corrected chi connectivity index (χ1v) is 4.66. The largest absolute Gasteiger partial charge is 0.492 e. The van der Waals surface area contributed by atoms with Crippen molar-refractivity contribution in [1.82, 2.24) is 0 Å². The molecule has 0 aliphatic heterocycles. The molecule has 0 fully saturated rings. The molecule has 0 aliphatic rings. The molecule has 12 heavy (non-hydrogen) atoms. The molecule has 1 unspecified atom stereocenters. The van der Waals surface area contributed by atoms with Gasteiger partial charge in [-0.3, -0.25) is 0 Å². The Bertz CT molecular complexity index is 269. The van der Waals surface area contributed by atoms with Gasteiger partial charge < -0.3 is 0 Å². The third-order valence-electron chi connectivity index (χ3n) is 0.741. The third kappa shape index (κ3) is 3.40. The van der Waals surface area contributed by atoms with Gasteiger partial charge in [0.25, 0.3) is 0 Å². The Morgan fingerprint density at radius 3 is 1.67 bits per heavy atom. The van der Waals surface area contributed by atoms with Gasteiger partial charge in [0.15, 0.2) is 0 Å². The van der Waals surface area contributed by atoms with Crippen LogP contribution < -0.4 is 5.14 Å². The van der Waals surface area contributed by atoms with Gasteiger partial charge in [0.05, 0.1) is 5.54 Å². The quantitative estimate of drug-likeness (QED) is 0.640. The maximum atomic E-state index is 11.9. The van der Waals surface area contributed by atoms with Crippen LogP contribution in [-0.4, -0.2) is 15.3 Å². The topological polar surface area (TPSA) is 55.4 Å². The SMILES string of the molecule is CC(C)(C)N=S(N)(=O)C(F)(F)F. The molecule has 0 bridgehead atoms. The first-order valence-electron chi connectivity index (χ1n) is 3.08. The number of hydrogen-bond donors (Lipinski definition) is 1. The lowest BCUT2D eigenvalue weighted by Crippen LogP contribution is -2.33. The highest BCUT2D eigenvalue weighted by Crippen LogP contribution is 2.24. The molecule has 7 heteroatoms. The van der Waals surface area contributed by atoms with Gasteiger partial charge in [0.2, 0.25) is 9.92 Å². The highest BCUT2D eigenvalue weighted by Gasteiger charge is 2.41. The molecule has 0 spiro atoms. The van der Waals surface area contributed by atoms with Gasteiger partial charge in [-0.1, -0.05) is 0 Å². The van der Waals surface area contributed by atoms with Crippen molar-refractivity contribution >= 4 is 9.92 Å². The fourth-order valence-corrected chi connectivity index (χ4v) is 1.38. The number of hydrogen-bond acceptors (Lipinski definition) is 2. The summed E-state index contributed by atoms with van der Waals surface area (Å²) in [6.45, 7) is 4.18. The van der Waals surface area contributed by atoms with E-state index in [9.17, 15) is 17.4 Å². The summed E-state index contributed by atoms with van der Waals surface area (Å²) in [7, 11) is -4.58. The van der Waals surface area contributed by atoms with Gasteiger partial charge in [-0.25, -0.2) is 13.7 Å². The van der Waals surface area contributed by atoms with Crippen LogP contribution in [0.2, 0.25) is 0 Å². The van der Waals surface area contributed by atoms with Crippen molar-refractivity contribution < 1.29 is 17.4 Å². The molecule has 0 aliphatic carbocycles. The average molecular weight is 204 g/mol. The van der Waals surface area contributed by atoms with E-state index in [-0.39, 0.29) is 0 Å². The van der Waals surface area contributed by atoms with Crippen LogP contribution in [0.4, 0.5) is 13.2 Å². The van der Waals surface area contributed by atoms with Crippen LogP contribution in [0.3, 0.4) is 0 Å². The molecule has 0 aromatic carbocycles. The number of alkyl halides is 3. The smallest absolute Gasteiger partial charge is 0.237 e. The number of nitrogens with zero attached hydrogens (tertiary/aromatic N) is 1. The second-order valence-corrected chi connectivity index (χ2v) is 5.06. The lowest BCUT2D eigenvalue weighted by molar-refractivity contribution is -0.0406. The van der Waals surface area contributed by atoms with Gasteiger partial charge in [0, 0.05) is 0 Å². The standard InChI is InChI=1S/C5H11F3N2OS/c1-4(2,3)10-12(9,11)5(6,7)8/h1-3H3,(H2,9,10,11). The summed E-state index contributed by atoms with van der Waals surface area (Å²) in [6.07, 6.45) is 0. The Morgan fingerprint density at radius 1 is 1.25 bits per heavy atom. The molecule has 2 N–H and O–H groups in total. The summed E-state index contributed by atoms with van der Waals surface area (Å²) < 4.78 is 49.3. The highest BCUT2D eigenvalue weighted by molar-refractivity contribution is 7.92. The van der Waals surface area contributed by atoms with Crippen LogP contribution >= 0.6 is 0 Å². The Labute approximate surface area is 69.4 Å². The summed E-state index contributed by atoms with van der Waals surface area (Å²) in [5.74, 6) is 0. The zero-order valence-electron chi connectivity index (χ0n) is 6.97. The molecule has 0 heterocycles. The van der Waals surface area contributed by atoms with Crippen molar-refractivity contribution in [2.45, 2.75) is 31.8 Å². The van der Waals surface area contributed by atoms with E-state index in [0.29, 0.717) is 0 Å². The lowest BCUT2D eigenvalue weighted by atomic mass is 10.1. The van der Waals surface area contributed by atoms with Crippen LogP contribution in [0.15, 0.2) is 4.36 Å². The van der Waals surface area contributed by atoms with Gasteiger partial charge in [-0.15, -0.1) is 0 Å². The Kier molecular flexibility index (Phi) is 2.81. The van der Waals surface area contributed by atoms with Crippen LogP contribution in [0, 0.1) is 0 Å². The summed E-state index contributed by atoms with van der Waals surface area (Å²) in [6, 6.07) is 0. The highest BCUT2D eigenvalue weighted by atomic mass is 32.2. The molecule has 0 saturated carbocycles. The molecule has 3 nitrogen and oxygen atoms in total. The minimum Gasteiger partial charge on any atom is -0.237 e. The van der Waals surface area contributed by atoms with E-state index in [2.05, 4.69) is 9.50 Å². The van der Waals surface area contributed by atoms with E-state index in [4.69, 9.17) is 0 Å². The van der Waals surface area contributed by atoms with Crippen LogP contribution in [0.5, 0.6) is 0 Å². The maximum absolute atomic E-state index is 11.9. The van der Waals surface area contributed by atoms with Crippen molar-refractivity contribution in [2.24, 2.45) is 9.50 Å². The number of halogens is 3. The predicted molar refractivity (Wildman–Crippen MR) is 40.6 cm³/mol. The summed E-state index contributed by atoms with van der Waals surface area (Å²) in [4.78, 5) is 0. The van der Waals surface area contributed by atoms with E-state index in [1.165, 1.54) is 20.8 Å². The third-order valence-corrected chi connectivity index (χ3v) is 2.22. The summed E-state index contributed by atoms with van der Waals surface area (Å²) in [5, 5.41) is 4.52. The molecule has 0 amide bonds. The van der Waals surface area contributed by atoms with E-state index in [1.54, 1.807) is 0 Å². The Balaban J connectivity index is 5.15. The molecule has 1 atom stereocenters. The molecule has 0 saturated heterocycles. The monoisotopic (exact) mass is 204 g/mol. The minimum absolute atomic E-state index is 1.05. The molecule has 0 rings (SSSR count). The van der Waals surface area contributed by atoms with Crippen LogP contribution in [0.25, 0.3) is 0 Å². The normalized spacial score (nSPS) is 18.6. The zero-order chi connectivity index (χ0) is 10.2. The fraction of sp³-hybridized carbons (Fsp3) is 1.00. The molecular formula is C5H11F3N2OS. The second kappa shape index (κ2) is 2.88. The molecular weight excluding hydrogens is 193 g/mol. The Hall–Kier alpha value is -0.300. The fourth-order valence-electron chi connectivity index (χ4n) is 0.459. The first-order chi connectivity index (χ1) is 4.96. The van der Waals surface area contributed by atoms with Crippen LogP contribution in [0.1, 0.15) is 20.8 Å².